The number of hydrogen-bond acceptors (Lipinski definition) is 1. The molecule has 0 saturated heterocycles. The standard InChI is InChI=1S/C27H19ClN2O/c28-24-9-5-4-8-19(24)20-13-26-27(23-15-29-14-22(20)23)21-12-18(31)10-11-25(21)30(26)16-17-6-2-1-3-7-17/h1-15,29,31H,16H2. The maximum atomic E-state index is 10.2. The first-order valence-corrected chi connectivity index (χ1v) is 10.6. The van der Waals surface area contributed by atoms with Gasteiger partial charge in [0.2, 0.25) is 0 Å². The van der Waals surface area contributed by atoms with Gasteiger partial charge in [-0.2, -0.15) is 0 Å². The Morgan fingerprint density at radius 3 is 2.35 bits per heavy atom. The van der Waals surface area contributed by atoms with Gasteiger partial charge in [0.1, 0.15) is 5.75 Å². The molecular formula is C27H19ClN2O. The van der Waals surface area contributed by atoms with Crippen LogP contribution in [0.2, 0.25) is 5.02 Å². The van der Waals surface area contributed by atoms with Gasteiger partial charge in [-0.25, -0.2) is 0 Å². The van der Waals surface area contributed by atoms with E-state index in [4.69, 9.17) is 11.6 Å². The lowest BCUT2D eigenvalue weighted by atomic mass is 9.97. The van der Waals surface area contributed by atoms with Gasteiger partial charge >= 0.3 is 0 Å². The Balaban J connectivity index is 1.76. The fourth-order valence-corrected chi connectivity index (χ4v) is 4.88. The van der Waals surface area contributed by atoms with E-state index in [1.165, 1.54) is 5.56 Å². The molecule has 0 aliphatic carbocycles. The van der Waals surface area contributed by atoms with E-state index >= 15 is 0 Å². The first-order chi connectivity index (χ1) is 15.2. The molecule has 2 aromatic heterocycles. The highest BCUT2D eigenvalue weighted by atomic mass is 35.5. The number of aromatic hydroxyl groups is 1. The lowest BCUT2D eigenvalue weighted by molar-refractivity contribution is 0.476. The minimum absolute atomic E-state index is 0.269. The van der Waals surface area contributed by atoms with Crippen LogP contribution in [-0.2, 0) is 6.54 Å². The molecule has 0 aliphatic heterocycles. The number of fused-ring (bicyclic) bond motifs is 5. The summed E-state index contributed by atoms with van der Waals surface area (Å²) in [5.41, 5.74) is 5.54. The van der Waals surface area contributed by atoms with Crippen LogP contribution in [0.1, 0.15) is 5.56 Å². The molecule has 4 aromatic carbocycles. The summed E-state index contributed by atoms with van der Waals surface area (Å²) in [6, 6.07) is 26.2. The molecule has 0 saturated carbocycles. The molecule has 31 heavy (non-hydrogen) atoms. The number of benzene rings is 4. The molecule has 0 unspecified atom stereocenters. The molecular weight excluding hydrogens is 404 g/mol. The molecule has 2 N–H and O–H groups in total. The van der Waals surface area contributed by atoms with Crippen molar-refractivity contribution in [3.63, 3.8) is 0 Å². The molecule has 0 fully saturated rings. The van der Waals surface area contributed by atoms with Crippen LogP contribution < -0.4 is 0 Å². The van der Waals surface area contributed by atoms with Crippen LogP contribution in [0.4, 0.5) is 0 Å². The summed E-state index contributed by atoms with van der Waals surface area (Å²) in [5, 5.41) is 15.4. The van der Waals surface area contributed by atoms with Crippen molar-refractivity contribution in [2.24, 2.45) is 0 Å². The van der Waals surface area contributed by atoms with Crippen LogP contribution >= 0.6 is 11.6 Å². The average Bonchev–Trinajstić information content (AvgIpc) is 3.38. The Hall–Kier alpha value is -3.69. The van der Waals surface area contributed by atoms with E-state index in [0.29, 0.717) is 0 Å². The highest BCUT2D eigenvalue weighted by molar-refractivity contribution is 6.34. The summed E-state index contributed by atoms with van der Waals surface area (Å²) in [6.07, 6.45) is 4.06. The maximum Gasteiger partial charge on any atom is 0.116 e. The number of H-pyrrole nitrogens is 1. The zero-order valence-corrected chi connectivity index (χ0v) is 17.4. The van der Waals surface area contributed by atoms with Crippen molar-refractivity contribution < 1.29 is 5.11 Å². The summed E-state index contributed by atoms with van der Waals surface area (Å²) in [4.78, 5) is 3.28. The number of nitrogens with zero attached hydrogens (tertiary/aromatic N) is 1. The lowest BCUT2D eigenvalue weighted by Gasteiger charge is -2.11. The van der Waals surface area contributed by atoms with E-state index in [1.807, 2.05) is 48.8 Å². The first kappa shape index (κ1) is 18.1. The Bertz CT molecular complexity index is 1580. The van der Waals surface area contributed by atoms with Gasteiger partial charge in [0.05, 0.1) is 5.52 Å². The van der Waals surface area contributed by atoms with Gasteiger partial charge in [0, 0.05) is 56.6 Å². The Kier molecular flexibility index (Phi) is 4.05. The Morgan fingerprint density at radius 2 is 1.52 bits per heavy atom. The quantitative estimate of drug-likeness (QED) is 0.307. The number of hydrogen-bond donors (Lipinski definition) is 2. The second-order valence-corrected chi connectivity index (χ2v) is 8.26. The molecule has 6 aromatic rings. The zero-order valence-electron chi connectivity index (χ0n) is 16.6. The van der Waals surface area contributed by atoms with Crippen molar-refractivity contribution in [1.82, 2.24) is 9.55 Å². The normalized spacial score (nSPS) is 11.6. The number of nitrogens with one attached hydrogen (secondary N) is 1. The fourth-order valence-electron chi connectivity index (χ4n) is 4.64. The van der Waals surface area contributed by atoms with Crippen molar-refractivity contribution in [3.8, 4) is 16.9 Å². The average molecular weight is 423 g/mol. The molecule has 150 valence electrons. The van der Waals surface area contributed by atoms with Crippen LogP contribution in [0.15, 0.2) is 91.3 Å². The molecule has 0 radical (unpaired) electrons. The second kappa shape index (κ2) is 6.93. The molecule has 0 spiro atoms. The molecule has 3 nitrogen and oxygen atoms in total. The molecule has 0 aliphatic rings. The molecule has 6 rings (SSSR count). The molecule has 0 amide bonds. The fraction of sp³-hybridized carbons (Fsp3) is 0.0370. The van der Waals surface area contributed by atoms with E-state index in [-0.39, 0.29) is 5.75 Å². The Morgan fingerprint density at radius 1 is 0.742 bits per heavy atom. The largest absolute Gasteiger partial charge is 0.508 e. The Labute approximate surface area is 184 Å². The molecule has 2 heterocycles. The van der Waals surface area contributed by atoms with E-state index in [2.05, 4.69) is 45.9 Å². The van der Waals surface area contributed by atoms with Gasteiger partial charge in [0.15, 0.2) is 0 Å². The third-order valence-electron chi connectivity index (χ3n) is 6.02. The molecule has 0 atom stereocenters. The van der Waals surface area contributed by atoms with E-state index in [1.54, 1.807) is 6.07 Å². The zero-order chi connectivity index (χ0) is 20.9. The molecule has 0 bridgehead atoms. The first-order valence-electron chi connectivity index (χ1n) is 10.2. The minimum atomic E-state index is 0.269. The summed E-state index contributed by atoms with van der Waals surface area (Å²) in [7, 11) is 0. The van der Waals surface area contributed by atoms with Crippen LogP contribution in [0.3, 0.4) is 0 Å². The smallest absolute Gasteiger partial charge is 0.116 e. The van der Waals surface area contributed by atoms with Gasteiger partial charge in [-0.3, -0.25) is 0 Å². The van der Waals surface area contributed by atoms with Gasteiger partial charge in [0.25, 0.3) is 0 Å². The maximum absolute atomic E-state index is 10.2. The van der Waals surface area contributed by atoms with Crippen molar-refractivity contribution in [3.05, 3.63) is 102 Å². The summed E-state index contributed by atoms with van der Waals surface area (Å²) < 4.78 is 2.33. The SMILES string of the molecule is Oc1ccc2c(c1)c1c3c[nH]cc3c(-c3ccccc3Cl)cc1n2Cc1ccccc1. The number of halogens is 1. The number of aromatic amines is 1. The van der Waals surface area contributed by atoms with Crippen molar-refractivity contribution in [2.45, 2.75) is 6.54 Å². The highest BCUT2D eigenvalue weighted by Crippen LogP contribution is 2.42. The van der Waals surface area contributed by atoms with Crippen molar-refractivity contribution >= 4 is 44.2 Å². The van der Waals surface area contributed by atoms with E-state index in [9.17, 15) is 5.11 Å². The lowest BCUT2D eigenvalue weighted by Crippen LogP contribution is -1.99. The van der Waals surface area contributed by atoms with E-state index < -0.39 is 0 Å². The van der Waals surface area contributed by atoms with Crippen LogP contribution in [0, 0.1) is 0 Å². The number of phenolic OH excluding ortho intramolecular Hbond substituents is 1. The van der Waals surface area contributed by atoms with Gasteiger partial charge in [-0.15, -0.1) is 0 Å². The molecule has 4 heteroatoms. The number of aromatic nitrogens is 2. The predicted molar refractivity (Wildman–Crippen MR) is 129 cm³/mol. The van der Waals surface area contributed by atoms with Crippen molar-refractivity contribution in [1.29, 1.82) is 0 Å². The number of rotatable bonds is 3. The second-order valence-electron chi connectivity index (χ2n) is 7.85. The van der Waals surface area contributed by atoms with Gasteiger partial charge in [-0.05, 0) is 41.5 Å². The monoisotopic (exact) mass is 422 g/mol. The summed E-state index contributed by atoms with van der Waals surface area (Å²) in [5.74, 6) is 0.269. The highest BCUT2D eigenvalue weighted by Gasteiger charge is 2.19. The minimum Gasteiger partial charge on any atom is -0.508 e. The predicted octanol–water partition coefficient (Wildman–Crippen LogP) is 7.35. The van der Waals surface area contributed by atoms with E-state index in [0.717, 1.165) is 55.3 Å². The third kappa shape index (κ3) is 2.82. The van der Waals surface area contributed by atoms with Crippen LogP contribution in [-0.4, -0.2) is 14.7 Å². The summed E-state index contributed by atoms with van der Waals surface area (Å²) in [6.45, 7) is 0.740. The third-order valence-corrected chi connectivity index (χ3v) is 6.35. The van der Waals surface area contributed by atoms with Gasteiger partial charge in [-0.1, -0.05) is 60.1 Å². The van der Waals surface area contributed by atoms with Crippen LogP contribution in [0.25, 0.3) is 43.7 Å². The summed E-state index contributed by atoms with van der Waals surface area (Å²) >= 11 is 6.60. The van der Waals surface area contributed by atoms with Crippen LogP contribution in [0.5, 0.6) is 5.75 Å². The van der Waals surface area contributed by atoms with Gasteiger partial charge < -0.3 is 14.7 Å². The van der Waals surface area contributed by atoms with Crippen molar-refractivity contribution in [2.75, 3.05) is 0 Å². The number of phenols is 1. The topological polar surface area (TPSA) is 40.9 Å².